The van der Waals surface area contributed by atoms with Crippen molar-refractivity contribution in [2.75, 3.05) is 23.0 Å². The van der Waals surface area contributed by atoms with E-state index in [0.29, 0.717) is 10.4 Å². The number of hydrogen-bond donors (Lipinski definition) is 1. The van der Waals surface area contributed by atoms with Crippen LogP contribution in [-0.4, -0.2) is 33.1 Å². The number of rotatable bonds is 6. The molecule has 1 aromatic heterocycles. The molecule has 10 heteroatoms. The van der Waals surface area contributed by atoms with Crippen LogP contribution in [0.5, 0.6) is 0 Å². The first-order chi connectivity index (χ1) is 11.3. The van der Waals surface area contributed by atoms with Crippen molar-refractivity contribution < 1.29 is 18.0 Å². The first-order valence-electron chi connectivity index (χ1n) is 6.71. The van der Waals surface area contributed by atoms with Crippen LogP contribution in [0.4, 0.5) is 18.9 Å². The Hall–Kier alpha value is -2.49. The Kier molecular flexibility index (Phi) is 5.50. The molecule has 0 aliphatic heterocycles. The lowest BCUT2D eigenvalue weighted by Gasteiger charge is -2.20. The summed E-state index contributed by atoms with van der Waals surface area (Å²) < 4.78 is 38.2. The average molecular weight is 357 g/mol. The molecule has 0 atom stereocenters. The zero-order valence-corrected chi connectivity index (χ0v) is 13.2. The van der Waals surface area contributed by atoms with Gasteiger partial charge in [0.25, 0.3) is 5.82 Å². The molecule has 2 rings (SSSR count). The lowest BCUT2D eigenvalue weighted by atomic mass is 10.3. The number of carbonyl (C=O) groups is 1. The summed E-state index contributed by atoms with van der Waals surface area (Å²) in [5.74, 6) is 3.56. The Balaban J connectivity index is 2.09. The molecule has 1 aromatic carbocycles. The molecule has 128 valence electrons. The number of para-hydroxylation sites is 1. The third kappa shape index (κ3) is 4.07. The standard InChI is InChI=1S/C14H14F3N5OS/c1-2-8-21(10-6-4-3-5-7-10)11(23)9-24-13-20-19-12(22(13)18)14(15,16)17/h2-7H,1,8-9,18H2. The first kappa shape index (κ1) is 17.9. The number of thioether (sulfide) groups is 1. The lowest BCUT2D eigenvalue weighted by Crippen LogP contribution is -2.32. The highest BCUT2D eigenvalue weighted by atomic mass is 32.2. The van der Waals surface area contributed by atoms with Crippen molar-refractivity contribution in [1.29, 1.82) is 0 Å². The van der Waals surface area contributed by atoms with Gasteiger partial charge in [-0.2, -0.15) is 13.2 Å². The molecule has 6 nitrogen and oxygen atoms in total. The van der Waals surface area contributed by atoms with Crippen molar-refractivity contribution in [1.82, 2.24) is 14.9 Å². The van der Waals surface area contributed by atoms with Crippen molar-refractivity contribution in [2.24, 2.45) is 0 Å². The van der Waals surface area contributed by atoms with Gasteiger partial charge in [-0.15, -0.1) is 16.8 Å². The van der Waals surface area contributed by atoms with Crippen LogP contribution in [0.15, 0.2) is 48.1 Å². The van der Waals surface area contributed by atoms with Crippen LogP contribution < -0.4 is 10.7 Å². The summed E-state index contributed by atoms with van der Waals surface area (Å²) in [6.45, 7) is 3.87. The molecular weight excluding hydrogens is 343 g/mol. The number of halogens is 3. The summed E-state index contributed by atoms with van der Waals surface area (Å²) in [5, 5.41) is 6.19. The number of nitrogens with zero attached hydrogens (tertiary/aromatic N) is 4. The van der Waals surface area contributed by atoms with Crippen LogP contribution in [0, 0.1) is 0 Å². The van der Waals surface area contributed by atoms with Crippen LogP contribution >= 0.6 is 11.8 Å². The van der Waals surface area contributed by atoms with Gasteiger partial charge in [0, 0.05) is 12.2 Å². The van der Waals surface area contributed by atoms with Gasteiger partial charge in [-0.05, 0) is 12.1 Å². The minimum absolute atomic E-state index is 0.143. The number of benzene rings is 1. The van der Waals surface area contributed by atoms with Crippen molar-refractivity contribution in [3.05, 3.63) is 48.8 Å². The summed E-state index contributed by atoms with van der Waals surface area (Å²) in [5.41, 5.74) is 0.660. The van der Waals surface area contributed by atoms with Crippen molar-refractivity contribution in [3.8, 4) is 0 Å². The third-order valence-corrected chi connectivity index (χ3v) is 3.85. The highest BCUT2D eigenvalue weighted by Gasteiger charge is 2.38. The second kappa shape index (κ2) is 7.39. The van der Waals surface area contributed by atoms with E-state index in [-0.39, 0.29) is 23.4 Å². The molecule has 0 aliphatic carbocycles. The summed E-state index contributed by atoms with van der Waals surface area (Å²) in [6, 6.07) is 8.86. The molecule has 2 aromatic rings. The summed E-state index contributed by atoms with van der Waals surface area (Å²) in [6.07, 6.45) is -3.15. The van der Waals surface area contributed by atoms with E-state index in [1.54, 1.807) is 30.3 Å². The Morgan fingerprint density at radius 3 is 2.54 bits per heavy atom. The van der Waals surface area contributed by atoms with Gasteiger partial charge in [0.15, 0.2) is 0 Å². The molecule has 0 bridgehead atoms. The van der Waals surface area contributed by atoms with Gasteiger partial charge in [0.1, 0.15) is 0 Å². The number of aromatic nitrogens is 3. The van der Waals surface area contributed by atoms with Crippen molar-refractivity contribution in [2.45, 2.75) is 11.3 Å². The fraction of sp³-hybridized carbons (Fsp3) is 0.214. The summed E-state index contributed by atoms with van der Waals surface area (Å²) in [7, 11) is 0. The zero-order valence-electron chi connectivity index (χ0n) is 12.4. The minimum atomic E-state index is -4.70. The van der Waals surface area contributed by atoms with Gasteiger partial charge in [-0.3, -0.25) is 4.79 Å². The van der Waals surface area contributed by atoms with Crippen LogP contribution in [0.3, 0.4) is 0 Å². The summed E-state index contributed by atoms with van der Waals surface area (Å²) >= 11 is 0.780. The van der Waals surface area contributed by atoms with Crippen molar-refractivity contribution in [3.63, 3.8) is 0 Å². The first-order valence-corrected chi connectivity index (χ1v) is 7.70. The maximum atomic E-state index is 12.6. The fourth-order valence-corrected chi connectivity index (χ4v) is 2.59. The van der Waals surface area contributed by atoms with E-state index in [0.717, 1.165) is 11.8 Å². The van der Waals surface area contributed by atoms with Crippen LogP contribution in [0.1, 0.15) is 5.82 Å². The molecule has 0 saturated heterocycles. The van der Waals surface area contributed by atoms with Crippen molar-refractivity contribution >= 4 is 23.4 Å². The molecule has 1 amide bonds. The van der Waals surface area contributed by atoms with E-state index in [1.165, 1.54) is 4.90 Å². The maximum absolute atomic E-state index is 12.6. The Morgan fingerprint density at radius 1 is 1.33 bits per heavy atom. The van der Waals surface area contributed by atoms with Crippen LogP contribution in [-0.2, 0) is 11.0 Å². The number of nitrogens with two attached hydrogens (primary N) is 1. The fourth-order valence-electron chi connectivity index (χ4n) is 1.86. The molecular formula is C14H14F3N5OS. The Bertz CT molecular complexity index is 717. The predicted molar refractivity (Wildman–Crippen MR) is 84.9 cm³/mol. The average Bonchev–Trinajstić information content (AvgIpc) is 2.92. The molecule has 0 aliphatic rings. The van der Waals surface area contributed by atoms with Gasteiger partial charge < -0.3 is 10.7 Å². The van der Waals surface area contributed by atoms with E-state index in [9.17, 15) is 18.0 Å². The second-order valence-corrected chi connectivity index (χ2v) is 5.53. The minimum Gasteiger partial charge on any atom is -0.335 e. The number of hydrogen-bond acceptors (Lipinski definition) is 5. The van der Waals surface area contributed by atoms with Gasteiger partial charge >= 0.3 is 6.18 Å². The molecule has 0 spiro atoms. The molecule has 0 saturated carbocycles. The maximum Gasteiger partial charge on any atom is 0.453 e. The Labute approximate surface area is 140 Å². The molecule has 24 heavy (non-hydrogen) atoms. The number of carbonyl (C=O) groups excluding carboxylic acids is 1. The van der Waals surface area contributed by atoms with E-state index in [1.807, 2.05) is 6.07 Å². The monoisotopic (exact) mass is 357 g/mol. The third-order valence-electron chi connectivity index (χ3n) is 2.92. The molecule has 1 heterocycles. The topological polar surface area (TPSA) is 77.0 Å². The van der Waals surface area contributed by atoms with Gasteiger partial charge in [0.2, 0.25) is 11.1 Å². The number of anilines is 1. The highest BCUT2D eigenvalue weighted by molar-refractivity contribution is 7.99. The van der Waals surface area contributed by atoms with E-state index in [2.05, 4.69) is 16.8 Å². The second-order valence-electron chi connectivity index (χ2n) is 4.59. The lowest BCUT2D eigenvalue weighted by molar-refractivity contribution is -0.146. The number of amides is 1. The largest absolute Gasteiger partial charge is 0.453 e. The Morgan fingerprint density at radius 2 is 2.00 bits per heavy atom. The van der Waals surface area contributed by atoms with Gasteiger partial charge in [-0.1, -0.05) is 36.0 Å². The normalized spacial score (nSPS) is 11.3. The SMILES string of the molecule is C=CCN(C(=O)CSc1nnc(C(F)(F)F)n1N)c1ccccc1. The quantitative estimate of drug-likeness (QED) is 0.488. The van der Waals surface area contributed by atoms with E-state index >= 15 is 0 Å². The van der Waals surface area contributed by atoms with Crippen LogP contribution in [0.25, 0.3) is 0 Å². The summed E-state index contributed by atoms with van der Waals surface area (Å²) in [4.78, 5) is 13.8. The smallest absolute Gasteiger partial charge is 0.335 e. The van der Waals surface area contributed by atoms with Gasteiger partial charge in [0.05, 0.1) is 5.75 Å². The molecule has 0 fully saturated rings. The van der Waals surface area contributed by atoms with E-state index < -0.39 is 12.0 Å². The zero-order chi connectivity index (χ0) is 17.7. The number of alkyl halides is 3. The predicted octanol–water partition coefficient (Wildman–Crippen LogP) is 2.32. The van der Waals surface area contributed by atoms with Crippen LogP contribution in [0.2, 0.25) is 0 Å². The molecule has 2 N–H and O–H groups in total. The van der Waals surface area contributed by atoms with Gasteiger partial charge in [-0.25, -0.2) is 4.68 Å². The van der Waals surface area contributed by atoms with E-state index in [4.69, 9.17) is 5.84 Å². The highest BCUT2D eigenvalue weighted by Crippen LogP contribution is 2.29. The number of nitrogen functional groups attached to an aromatic ring is 1. The molecule has 0 unspecified atom stereocenters. The molecule has 0 radical (unpaired) electrons.